The highest BCUT2D eigenvalue weighted by molar-refractivity contribution is 7.99. The van der Waals surface area contributed by atoms with Gasteiger partial charge in [0.25, 0.3) is 0 Å². The first-order valence-electron chi connectivity index (χ1n) is 5.65. The van der Waals surface area contributed by atoms with Crippen molar-refractivity contribution in [3.63, 3.8) is 0 Å². The molecule has 0 spiro atoms. The Morgan fingerprint density at radius 3 is 3.00 bits per heavy atom. The van der Waals surface area contributed by atoms with Crippen molar-refractivity contribution in [1.82, 2.24) is 10.3 Å². The minimum atomic E-state index is 0.532. The van der Waals surface area contributed by atoms with E-state index in [0.29, 0.717) is 5.25 Å². The van der Waals surface area contributed by atoms with Crippen molar-refractivity contribution in [3.05, 3.63) is 46.8 Å². The van der Waals surface area contributed by atoms with Crippen molar-refractivity contribution in [3.8, 4) is 0 Å². The van der Waals surface area contributed by atoms with Crippen molar-refractivity contribution < 1.29 is 0 Å². The van der Waals surface area contributed by atoms with E-state index in [1.165, 1.54) is 4.88 Å². The maximum atomic E-state index is 4.31. The third-order valence-corrected chi connectivity index (χ3v) is 4.20. The van der Waals surface area contributed by atoms with Gasteiger partial charge in [-0.3, -0.25) is 0 Å². The van der Waals surface area contributed by atoms with Crippen LogP contribution in [0.1, 0.15) is 11.8 Å². The van der Waals surface area contributed by atoms with Crippen molar-refractivity contribution in [2.45, 2.75) is 23.7 Å². The molecule has 2 nitrogen and oxygen atoms in total. The maximum Gasteiger partial charge on any atom is 0.0962 e. The van der Waals surface area contributed by atoms with Crippen LogP contribution in [0.15, 0.2) is 46.9 Å². The first-order chi connectivity index (χ1) is 8.34. The zero-order valence-corrected chi connectivity index (χ0v) is 11.4. The largest absolute Gasteiger partial charge is 0.311 e. The van der Waals surface area contributed by atoms with Crippen LogP contribution in [0.3, 0.4) is 0 Å². The fourth-order valence-corrected chi connectivity index (χ4v) is 3.04. The molecule has 0 saturated heterocycles. The van der Waals surface area contributed by atoms with Gasteiger partial charge in [0.05, 0.1) is 5.03 Å². The highest BCUT2D eigenvalue weighted by Crippen LogP contribution is 2.19. The molecule has 0 aliphatic rings. The molecule has 0 radical (unpaired) electrons. The van der Waals surface area contributed by atoms with Gasteiger partial charge in [0, 0.05) is 29.4 Å². The molecule has 0 fully saturated rings. The Balaban J connectivity index is 1.69. The van der Waals surface area contributed by atoms with Crippen LogP contribution in [-0.2, 0) is 6.54 Å². The average molecular weight is 264 g/mol. The van der Waals surface area contributed by atoms with E-state index in [1.807, 2.05) is 30.1 Å². The highest BCUT2D eigenvalue weighted by atomic mass is 32.2. The van der Waals surface area contributed by atoms with E-state index in [4.69, 9.17) is 0 Å². The van der Waals surface area contributed by atoms with Crippen LogP contribution in [-0.4, -0.2) is 16.8 Å². The topological polar surface area (TPSA) is 24.9 Å². The van der Waals surface area contributed by atoms with E-state index in [1.54, 1.807) is 11.3 Å². The number of hydrogen-bond donors (Lipinski definition) is 1. The summed E-state index contributed by atoms with van der Waals surface area (Å²) in [5.74, 6) is 0. The fraction of sp³-hybridized carbons (Fsp3) is 0.308. The van der Waals surface area contributed by atoms with Crippen molar-refractivity contribution in [1.29, 1.82) is 0 Å². The van der Waals surface area contributed by atoms with Gasteiger partial charge in [-0.25, -0.2) is 4.98 Å². The molecule has 2 rings (SSSR count). The standard InChI is InChI=1S/C13H16N2S2/c1-11(17-13-6-2-3-7-15-13)9-14-10-12-5-4-8-16-12/h2-8,11,14H,9-10H2,1H3. The van der Waals surface area contributed by atoms with E-state index in [-0.39, 0.29) is 0 Å². The first kappa shape index (κ1) is 12.6. The van der Waals surface area contributed by atoms with Crippen molar-refractivity contribution in [2.75, 3.05) is 6.54 Å². The van der Waals surface area contributed by atoms with Gasteiger partial charge in [-0.05, 0) is 23.6 Å². The van der Waals surface area contributed by atoms with Gasteiger partial charge in [0.15, 0.2) is 0 Å². The fourth-order valence-electron chi connectivity index (χ4n) is 1.48. The number of aromatic nitrogens is 1. The quantitative estimate of drug-likeness (QED) is 0.809. The summed E-state index contributed by atoms with van der Waals surface area (Å²) in [6, 6.07) is 10.3. The molecular formula is C13H16N2S2. The Morgan fingerprint density at radius 1 is 1.35 bits per heavy atom. The molecule has 0 aliphatic carbocycles. The van der Waals surface area contributed by atoms with Crippen LogP contribution in [0.2, 0.25) is 0 Å². The zero-order valence-electron chi connectivity index (χ0n) is 9.80. The summed E-state index contributed by atoms with van der Waals surface area (Å²) in [5, 5.41) is 7.21. The molecule has 0 aromatic carbocycles. The first-order valence-corrected chi connectivity index (χ1v) is 7.41. The Bertz CT molecular complexity index is 414. The summed E-state index contributed by atoms with van der Waals surface area (Å²) in [6.45, 7) is 4.19. The summed E-state index contributed by atoms with van der Waals surface area (Å²) >= 11 is 3.61. The summed E-state index contributed by atoms with van der Waals surface area (Å²) in [7, 11) is 0. The maximum absolute atomic E-state index is 4.31. The molecule has 2 aromatic rings. The Hall–Kier alpha value is -0.840. The Morgan fingerprint density at radius 2 is 2.29 bits per heavy atom. The molecule has 0 saturated carbocycles. The van der Waals surface area contributed by atoms with Crippen LogP contribution in [0.5, 0.6) is 0 Å². The lowest BCUT2D eigenvalue weighted by atomic mass is 10.4. The number of nitrogens with one attached hydrogen (secondary N) is 1. The van der Waals surface area contributed by atoms with E-state index >= 15 is 0 Å². The third-order valence-electron chi connectivity index (χ3n) is 2.27. The smallest absolute Gasteiger partial charge is 0.0962 e. The molecular weight excluding hydrogens is 248 g/mol. The second kappa shape index (κ2) is 6.79. The van der Waals surface area contributed by atoms with Gasteiger partial charge in [0.2, 0.25) is 0 Å². The molecule has 2 heterocycles. The Kier molecular flexibility index (Phi) is 5.04. The second-order valence-electron chi connectivity index (χ2n) is 3.81. The second-order valence-corrected chi connectivity index (χ2v) is 6.30. The molecule has 0 aliphatic heterocycles. The lowest BCUT2D eigenvalue weighted by molar-refractivity contribution is 0.690. The third kappa shape index (κ3) is 4.50. The van der Waals surface area contributed by atoms with E-state index < -0.39 is 0 Å². The van der Waals surface area contributed by atoms with Crippen LogP contribution >= 0.6 is 23.1 Å². The lowest BCUT2D eigenvalue weighted by Crippen LogP contribution is -2.21. The predicted molar refractivity (Wildman–Crippen MR) is 75.6 cm³/mol. The van der Waals surface area contributed by atoms with Crippen molar-refractivity contribution >= 4 is 23.1 Å². The van der Waals surface area contributed by atoms with Crippen LogP contribution < -0.4 is 5.32 Å². The van der Waals surface area contributed by atoms with Crippen LogP contribution in [0.25, 0.3) is 0 Å². The van der Waals surface area contributed by atoms with Crippen LogP contribution in [0, 0.1) is 0 Å². The van der Waals surface area contributed by atoms with Gasteiger partial charge in [-0.15, -0.1) is 23.1 Å². The van der Waals surface area contributed by atoms with E-state index in [2.05, 4.69) is 40.8 Å². The molecule has 1 N–H and O–H groups in total. The monoisotopic (exact) mass is 264 g/mol. The molecule has 90 valence electrons. The Labute approximate surface area is 110 Å². The molecule has 0 bridgehead atoms. The molecule has 1 atom stereocenters. The average Bonchev–Trinajstić information content (AvgIpc) is 2.83. The molecule has 17 heavy (non-hydrogen) atoms. The molecule has 2 aromatic heterocycles. The number of thiophene rings is 1. The van der Waals surface area contributed by atoms with E-state index in [0.717, 1.165) is 18.1 Å². The molecule has 1 unspecified atom stereocenters. The highest BCUT2D eigenvalue weighted by Gasteiger charge is 2.04. The van der Waals surface area contributed by atoms with Gasteiger partial charge in [0.1, 0.15) is 0 Å². The SMILES string of the molecule is CC(CNCc1cccs1)Sc1ccccn1. The number of thioether (sulfide) groups is 1. The number of pyridine rings is 1. The van der Waals surface area contributed by atoms with Crippen molar-refractivity contribution in [2.24, 2.45) is 0 Å². The number of nitrogens with zero attached hydrogens (tertiary/aromatic N) is 1. The van der Waals surface area contributed by atoms with Gasteiger partial charge < -0.3 is 5.32 Å². The predicted octanol–water partition coefficient (Wildman–Crippen LogP) is 3.41. The minimum Gasteiger partial charge on any atom is -0.311 e. The van der Waals surface area contributed by atoms with Gasteiger partial charge in [-0.1, -0.05) is 19.1 Å². The van der Waals surface area contributed by atoms with E-state index in [9.17, 15) is 0 Å². The molecule has 4 heteroatoms. The lowest BCUT2D eigenvalue weighted by Gasteiger charge is -2.11. The number of rotatable bonds is 6. The van der Waals surface area contributed by atoms with Gasteiger partial charge >= 0.3 is 0 Å². The number of hydrogen-bond acceptors (Lipinski definition) is 4. The summed E-state index contributed by atoms with van der Waals surface area (Å²) in [4.78, 5) is 5.70. The summed E-state index contributed by atoms with van der Waals surface area (Å²) < 4.78 is 0. The minimum absolute atomic E-state index is 0.532. The summed E-state index contributed by atoms with van der Waals surface area (Å²) in [5.41, 5.74) is 0. The molecule has 0 amide bonds. The normalized spacial score (nSPS) is 12.5. The zero-order chi connectivity index (χ0) is 11.9. The summed E-state index contributed by atoms with van der Waals surface area (Å²) in [6.07, 6.45) is 1.84. The van der Waals surface area contributed by atoms with Gasteiger partial charge in [-0.2, -0.15) is 0 Å². The van der Waals surface area contributed by atoms with Crippen LogP contribution in [0.4, 0.5) is 0 Å².